The zero-order chi connectivity index (χ0) is 16.5. The lowest BCUT2D eigenvalue weighted by atomic mass is 10.00. The maximum Gasteiger partial charge on any atom is 0.328 e. The van der Waals surface area contributed by atoms with Crippen molar-refractivity contribution in [3.05, 3.63) is 65.7 Å². The van der Waals surface area contributed by atoms with Crippen molar-refractivity contribution in [2.75, 3.05) is 0 Å². The molecule has 0 aromatic heterocycles. The summed E-state index contributed by atoms with van der Waals surface area (Å²) in [5.74, 6) is -0.927. The fourth-order valence-electron chi connectivity index (χ4n) is 2.57. The lowest BCUT2D eigenvalue weighted by Gasteiger charge is -2.05. The van der Waals surface area contributed by atoms with Crippen LogP contribution in [0.15, 0.2) is 54.6 Å². The Labute approximate surface area is 138 Å². The Balaban J connectivity index is 1.97. The molecule has 0 bridgehead atoms. The molecule has 0 aliphatic carbocycles. The van der Waals surface area contributed by atoms with Gasteiger partial charge in [0.25, 0.3) is 0 Å². The molecule has 0 atom stereocenters. The second kappa shape index (κ2) is 8.94. The van der Waals surface area contributed by atoms with Crippen LogP contribution in [0.4, 0.5) is 0 Å². The number of benzene rings is 2. The number of rotatable bonds is 8. The van der Waals surface area contributed by atoms with Crippen molar-refractivity contribution in [2.45, 2.75) is 39.0 Å². The molecule has 0 saturated carbocycles. The van der Waals surface area contributed by atoms with Gasteiger partial charge in [-0.25, -0.2) is 4.79 Å². The first-order chi connectivity index (χ1) is 11.2. The molecule has 0 fully saturated rings. The van der Waals surface area contributed by atoms with Gasteiger partial charge in [0.15, 0.2) is 0 Å². The van der Waals surface area contributed by atoms with Crippen molar-refractivity contribution in [1.82, 2.24) is 0 Å². The SMILES string of the molecule is CCCCCCc1ccc(-c2ccc(/C=C/C(=O)O)cc2)cc1. The molecular formula is C21H24O2. The van der Waals surface area contributed by atoms with Gasteiger partial charge in [0, 0.05) is 6.08 Å². The highest BCUT2D eigenvalue weighted by molar-refractivity contribution is 5.85. The summed E-state index contributed by atoms with van der Waals surface area (Å²) < 4.78 is 0. The summed E-state index contributed by atoms with van der Waals surface area (Å²) in [6, 6.07) is 16.7. The smallest absolute Gasteiger partial charge is 0.328 e. The number of aliphatic carboxylic acids is 1. The highest BCUT2D eigenvalue weighted by atomic mass is 16.4. The molecule has 0 amide bonds. The molecule has 2 nitrogen and oxygen atoms in total. The molecule has 0 spiro atoms. The molecule has 0 unspecified atom stereocenters. The molecule has 2 rings (SSSR count). The largest absolute Gasteiger partial charge is 0.478 e. The molecule has 2 heteroatoms. The number of carboxylic acid groups (broad SMARTS) is 1. The van der Waals surface area contributed by atoms with Crippen molar-refractivity contribution in [3.63, 3.8) is 0 Å². The van der Waals surface area contributed by atoms with Crippen molar-refractivity contribution in [1.29, 1.82) is 0 Å². The molecule has 23 heavy (non-hydrogen) atoms. The fourth-order valence-corrected chi connectivity index (χ4v) is 2.57. The van der Waals surface area contributed by atoms with E-state index < -0.39 is 5.97 Å². The minimum absolute atomic E-state index is 0.892. The Hall–Kier alpha value is -2.35. The predicted molar refractivity (Wildman–Crippen MR) is 96.4 cm³/mol. The van der Waals surface area contributed by atoms with E-state index in [4.69, 9.17) is 5.11 Å². The third-order valence-electron chi connectivity index (χ3n) is 3.94. The van der Waals surface area contributed by atoms with Gasteiger partial charge in [0.1, 0.15) is 0 Å². The van der Waals surface area contributed by atoms with Crippen LogP contribution in [-0.2, 0) is 11.2 Å². The van der Waals surface area contributed by atoms with Gasteiger partial charge in [-0.15, -0.1) is 0 Å². The van der Waals surface area contributed by atoms with Crippen molar-refractivity contribution < 1.29 is 9.90 Å². The van der Waals surface area contributed by atoms with Crippen LogP contribution in [0, 0.1) is 0 Å². The van der Waals surface area contributed by atoms with Gasteiger partial charge in [-0.2, -0.15) is 0 Å². The van der Waals surface area contributed by atoms with Crippen LogP contribution in [0.2, 0.25) is 0 Å². The minimum Gasteiger partial charge on any atom is -0.478 e. The lowest BCUT2D eigenvalue weighted by molar-refractivity contribution is -0.131. The zero-order valence-electron chi connectivity index (χ0n) is 13.7. The van der Waals surface area contributed by atoms with Gasteiger partial charge >= 0.3 is 5.97 Å². The van der Waals surface area contributed by atoms with Crippen LogP contribution in [0.3, 0.4) is 0 Å². The number of hydrogen-bond donors (Lipinski definition) is 1. The molecule has 2 aromatic carbocycles. The zero-order valence-corrected chi connectivity index (χ0v) is 13.7. The van der Waals surface area contributed by atoms with E-state index >= 15 is 0 Å². The van der Waals surface area contributed by atoms with E-state index in [9.17, 15) is 4.79 Å². The van der Waals surface area contributed by atoms with Gasteiger partial charge in [-0.05, 0) is 41.2 Å². The number of carboxylic acids is 1. The normalized spacial score (nSPS) is 11.0. The molecule has 2 aromatic rings. The van der Waals surface area contributed by atoms with E-state index in [1.165, 1.54) is 36.8 Å². The average Bonchev–Trinajstić information content (AvgIpc) is 2.58. The van der Waals surface area contributed by atoms with Crippen molar-refractivity contribution in [3.8, 4) is 11.1 Å². The van der Waals surface area contributed by atoms with Crippen LogP contribution in [-0.4, -0.2) is 11.1 Å². The Bertz CT molecular complexity index is 637. The molecule has 0 aliphatic rings. The van der Waals surface area contributed by atoms with E-state index in [-0.39, 0.29) is 0 Å². The Morgan fingerprint density at radius 1 is 0.913 bits per heavy atom. The second-order valence-electron chi connectivity index (χ2n) is 5.80. The molecule has 0 saturated heterocycles. The maximum atomic E-state index is 10.5. The van der Waals surface area contributed by atoms with Gasteiger partial charge < -0.3 is 5.11 Å². The highest BCUT2D eigenvalue weighted by Gasteiger charge is 1.99. The third-order valence-corrected chi connectivity index (χ3v) is 3.94. The standard InChI is InChI=1S/C21H24O2/c1-2-3-4-5-6-17-7-12-19(13-8-17)20-14-9-18(10-15-20)11-16-21(22)23/h7-16H,2-6H2,1H3,(H,22,23)/b16-11+. The summed E-state index contributed by atoms with van der Waals surface area (Å²) in [5, 5.41) is 8.64. The predicted octanol–water partition coefficient (Wildman–Crippen LogP) is 5.57. The quantitative estimate of drug-likeness (QED) is 0.511. The maximum absolute atomic E-state index is 10.5. The lowest BCUT2D eigenvalue weighted by Crippen LogP contribution is -1.87. The first-order valence-corrected chi connectivity index (χ1v) is 8.29. The van der Waals surface area contributed by atoms with Gasteiger partial charge in [0.2, 0.25) is 0 Å². The molecule has 1 N–H and O–H groups in total. The molecule has 0 heterocycles. The van der Waals surface area contributed by atoms with E-state index in [0.717, 1.165) is 23.6 Å². The number of hydrogen-bond acceptors (Lipinski definition) is 1. The summed E-state index contributed by atoms with van der Waals surface area (Å²) in [6.07, 6.45) is 9.08. The Morgan fingerprint density at radius 2 is 1.52 bits per heavy atom. The average molecular weight is 308 g/mol. The topological polar surface area (TPSA) is 37.3 Å². The van der Waals surface area contributed by atoms with E-state index in [2.05, 4.69) is 31.2 Å². The van der Waals surface area contributed by atoms with Crippen LogP contribution >= 0.6 is 0 Å². The Morgan fingerprint density at radius 3 is 2.09 bits per heavy atom. The Kier molecular flexibility index (Phi) is 6.61. The first kappa shape index (κ1) is 17.0. The number of unbranched alkanes of at least 4 members (excludes halogenated alkanes) is 3. The van der Waals surface area contributed by atoms with E-state index in [0.29, 0.717) is 0 Å². The molecule has 0 radical (unpaired) electrons. The summed E-state index contributed by atoms with van der Waals surface area (Å²) in [7, 11) is 0. The summed E-state index contributed by atoms with van der Waals surface area (Å²) in [4.78, 5) is 10.5. The van der Waals surface area contributed by atoms with Crippen molar-refractivity contribution in [2.24, 2.45) is 0 Å². The highest BCUT2D eigenvalue weighted by Crippen LogP contribution is 2.21. The number of carbonyl (C=O) groups is 1. The molecular weight excluding hydrogens is 284 g/mol. The number of aryl methyl sites for hydroxylation is 1. The van der Waals surface area contributed by atoms with Crippen LogP contribution in [0.5, 0.6) is 0 Å². The first-order valence-electron chi connectivity index (χ1n) is 8.29. The van der Waals surface area contributed by atoms with Gasteiger partial charge in [-0.1, -0.05) is 74.7 Å². The van der Waals surface area contributed by atoms with Crippen LogP contribution in [0.25, 0.3) is 17.2 Å². The van der Waals surface area contributed by atoms with E-state index in [1.807, 2.05) is 24.3 Å². The second-order valence-corrected chi connectivity index (χ2v) is 5.80. The minimum atomic E-state index is -0.927. The summed E-state index contributed by atoms with van der Waals surface area (Å²) in [6.45, 7) is 2.23. The molecule has 0 aliphatic heterocycles. The van der Waals surface area contributed by atoms with E-state index in [1.54, 1.807) is 6.08 Å². The molecule has 120 valence electrons. The summed E-state index contributed by atoms with van der Waals surface area (Å²) >= 11 is 0. The van der Waals surface area contributed by atoms with Crippen molar-refractivity contribution >= 4 is 12.0 Å². The fraction of sp³-hybridized carbons (Fsp3) is 0.286. The van der Waals surface area contributed by atoms with Crippen LogP contribution < -0.4 is 0 Å². The monoisotopic (exact) mass is 308 g/mol. The summed E-state index contributed by atoms with van der Waals surface area (Å²) in [5.41, 5.74) is 4.63. The van der Waals surface area contributed by atoms with Gasteiger partial charge in [-0.3, -0.25) is 0 Å². The van der Waals surface area contributed by atoms with Crippen LogP contribution in [0.1, 0.15) is 43.7 Å². The third kappa shape index (κ3) is 5.74. The van der Waals surface area contributed by atoms with Gasteiger partial charge in [0.05, 0.1) is 0 Å².